The Labute approximate surface area is 114 Å². The van der Waals surface area contributed by atoms with Gasteiger partial charge in [-0.1, -0.05) is 13.0 Å². The molecule has 5 nitrogen and oxygen atoms in total. The molecule has 0 saturated carbocycles. The van der Waals surface area contributed by atoms with E-state index in [1.54, 1.807) is 25.2 Å². The number of rotatable bonds is 6. The molecule has 1 rings (SSSR count). The van der Waals surface area contributed by atoms with Gasteiger partial charge in [0.1, 0.15) is 11.8 Å². The second kappa shape index (κ2) is 7.49. The van der Waals surface area contributed by atoms with Crippen molar-refractivity contribution in [2.24, 2.45) is 0 Å². The summed E-state index contributed by atoms with van der Waals surface area (Å²) in [5.41, 5.74) is 1.30. The summed E-state index contributed by atoms with van der Waals surface area (Å²) >= 11 is 0. The third-order valence-electron chi connectivity index (χ3n) is 2.79. The van der Waals surface area contributed by atoms with Gasteiger partial charge in [-0.15, -0.1) is 0 Å². The molecule has 19 heavy (non-hydrogen) atoms. The molecule has 1 amide bonds. The largest absolute Gasteiger partial charge is 0.348 e. The molecule has 1 aromatic heterocycles. The zero-order chi connectivity index (χ0) is 14.3. The van der Waals surface area contributed by atoms with Crippen LogP contribution in [0.4, 0.5) is 0 Å². The normalized spacial score (nSPS) is 10.3. The van der Waals surface area contributed by atoms with Crippen LogP contribution in [0.5, 0.6) is 0 Å². The van der Waals surface area contributed by atoms with Crippen molar-refractivity contribution in [2.75, 3.05) is 27.2 Å². The van der Waals surface area contributed by atoms with Crippen molar-refractivity contribution >= 4 is 5.91 Å². The van der Waals surface area contributed by atoms with Gasteiger partial charge in [0.25, 0.3) is 0 Å². The number of carbonyl (C=O) groups is 1. The Balaban J connectivity index is 2.78. The molecule has 0 aromatic carbocycles. The molecule has 0 N–H and O–H groups in total. The van der Waals surface area contributed by atoms with E-state index in [0.29, 0.717) is 18.8 Å². The number of nitrogens with zero attached hydrogens (tertiary/aromatic N) is 4. The molecule has 0 spiro atoms. The van der Waals surface area contributed by atoms with E-state index in [1.807, 2.05) is 17.0 Å². The molecule has 1 heterocycles. The third-order valence-corrected chi connectivity index (χ3v) is 2.79. The Morgan fingerprint density at radius 2 is 2.21 bits per heavy atom. The Hall–Kier alpha value is -1.93. The minimum Gasteiger partial charge on any atom is -0.348 e. The summed E-state index contributed by atoms with van der Waals surface area (Å²) in [5.74, 6) is 0.0656. The van der Waals surface area contributed by atoms with Crippen LogP contribution in [0.25, 0.3) is 0 Å². The molecule has 0 aliphatic carbocycles. The average molecular weight is 260 g/mol. The Kier molecular flexibility index (Phi) is 5.97. The first-order valence-corrected chi connectivity index (χ1v) is 6.35. The van der Waals surface area contributed by atoms with Crippen molar-refractivity contribution in [1.82, 2.24) is 14.8 Å². The highest BCUT2D eigenvalue weighted by atomic mass is 16.2. The van der Waals surface area contributed by atoms with Gasteiger partial charge in [-0.2, -0.15) is 5.26 Å². The first kappa shape index (κ1) is 15.1. The van der Waals surface area contributed by atoms with Crippen LogP contribution in [0.2, 0.25) is 0 Å². The first-order chi connectivity index (χ1) is 9.08. The maximum atomic E-state index is 11.8. The summed E-state index contributed by atoms with van der Waals surface area (Å²) in [5, 5.41) is 9.03. The molecule has 5 heteroatoms. The van der Waals surface area contributed by atoms with Gasteiger partial charge in [0.05, 0.1) is 6.54 Å². The fraction of sp³-hybridized carbons (Fsp3) is 0.500. The number of pyridine rings is 1. The van der Waals surface area contributed by atoms with E-state index < -0.39 is 0 Å². The molecule has 102 valence electrons. The predicted octanol–water partition coefficient (Wildman–Crippen LogP) is 1.25. The number of hydrogen-bond donors (Lipinski definition) is 0. The minimum absolute atomic E-state index is 0.0656. The summed E-state index contributed by atoms with van der Waals surface area (Å²) in [7, 11) is 3.49. The van der Waals surface area contributed by atoms with Crippen LogP contribution in [-0.2, 0) is 11.3 Å². The molecule has 0 aliphatic rings. The summed E-state index contributed by atoms with van der Waals surface area (Å²) in [6.07, 6.45) is 2.57. The number of nitriles is 1. The lowest BCUT2D eigenvalue weighted by molar-refractivity contribution is -0.130. The van der Waals surface area contributed by atoms with Crippen LogP contribution in [-0.4, -0.2) is 47.9 Å². The molecule has 0 saturated heterocycles. The van der Waals surface area contributed by atoms with Crippen LogP contribution in [0, 0.1) is 11.3 Å². The van der Waals surface area contributed by atoms with E-state index in [1.165, 1.54) is 0 Å². The minimum atomic E-state index is 0.0656. The molecule has 0 aliphatic heterocycles. The quantitative estimate of drug-likeness (QED) is 0.772. The van der Waals surface area contributed by atoms with Crippen molar-refractivity contribution in [3.63, 3.8) is 0 Å². The number of likely N-dealkylation sites (N-methyl/N-ethyl adjacent to an activating group) is 1. The van der Waals surface area contributed by atoms with Gasteiger partial charge in [0.15, 0.2) is 0 Å². The number of amides is 1. The van der Waals surface area contributed by atoms with Gasteiger partial charge >= 0.3 is 0 Å². The lowest BCUT2D eigenvalue weighted by Crippen LogP contribution is -2.36. The highest BCUT2D eigenvalue weighted by Crippen LogP contribution is 2.09. The van der Waals surface area contributed by atoms with Crippen LogP contribution in [0.15, 0.2) is 18.3 Å². The van der Waals surface area contributed by atoms with Gasteiger partial charge in [0.2, 0.25) is 5.91 Å². The standard InChI is InChI=1S/C14H20N4O/c1-4-8-18(11-14(19)17(2)3)10-12-6-5-7-16-13(12)9-15/h5-7H,4,8,10-11H2,1-3H3. The molecular weight excluding hydrogens is 240 g/mol. The van der Waals surface area contributed by atoms with E-state index in [4.69, 9.17) is 5.26 Å². The van der Waals surface area contributed by atoms with Crippen LogP contribution in [0.1, 0.15) is 24.6 Å². The second-order valence-electron chi connectivity index (χ2n) is 4.62. The lowest BCUT2D eigenvalue weighted by Gasteiger charge is -2.23. The van der Waals surface area contributed by atoms with Crippen molar-refractivity contribution in [3.8, 4) is 6.07 Å². The Bertz CT molecular complexity index is 465. The number of carbonyl (C=O) groups excluding carboxylic acids is 1. The molecule has 0 fully saturated rings. The van der Waals surface area contributed by atoms with Gasteiger partial charge < -0.3 is 4.90 Å². The molecule has 0 radical (unpaired) electrons. The van der Waals surface area contributed by atoms with Crippen LogP contribution >= 0.6 is 0 Å². The summed E-state index contributed by atoms with van der Waals surface area (Å²) < 4.78 is 0. The van der Waals surface area contributed by atoms with Gasteiger partial charge in [-0.05, 0) is 19.0 Å². The second-order valence-corrected chi connectivity index (χ2v) is 4.62. The number of hydrogen-bond acceptors (Lipinski definition) is 4. The average Bonchev–Trinajstić information content (AvgIpc) is 2.39. The Morgan fingerprint density at radius 1 is 1.47 bits per heavy atom. The molecule has 0 unspecified atom stereocenters. The SMILES string of the molecule is CCCN(CC(=O)N(C)C)Cc1cccnc1C#N. The fourth-order valence-corrected chi connectivity index (χ4v) is 1.77. The summed E-state index contributed by atoms with van der Waals surface area (Å²) in [4.78, 5) is 19.4. The van der Waals surface area contributed by atoms with E-state index in [0.717, 1.165) is 18.5 Å². The maximum absolute atomic E-state index is 11.8. The van der Waals surface area contributed by atoms with E-state index >= 15 is 0 Å². The maximum Gasteiger partial charge on any atom is 0.236 e. The zero-order valence-electron chi connectivity index (χ0n) is 11.8. The summed E-state index contributed by atoms with van der Waals surface area (Å²) in [6, 6.07) is 5.78. The van der Waals surface area contributed by atoms with E-state index in [2.05, 4.69) is 18.0 Å². The smallest absolute Gasteiger partial charge is 0.236 e. The van der Waals surface area contributed by atoms with Crippen LogP contribution in [0.3, 0.4) is 0 Å². The van der Waals surface area contributed by atoms with E-state index in [-0.39, 0.29) is 5.91 Å². The monoisotopic (exact) mass is 260 g/mol. The Morgan fingerprint density at radius 3 is 2.79 bits per heavy atom. The highest BCUT2D eigenvalue weighted by molar-refractivity contribution is 5.77. The third kappa shape index (κ3) is 4.68. The molecule has 0 bridgehead atoms. The molecular formula is C14H20N4O. The summed E-state index contributed by atoms with van der Waals surface area (Å²) in [6.45, 7) is 3.83. The zero-order valence-corrected chi connectivity index (χ0v) is 11.8. The number of aromatic nitrogens is 1. The topological polar surface area (TPSA) is 60.2 Å². The van der Waals surface area contributed by atoms with Gasteiger partial charge in [-0.25, -0.2) is 4.98 Å². The van der Waals surface area contributed by atoms with Crippen molar-refractivity contribution in [1.29, 1.82) is 5.26 Å². The first-order valence-electron chi connectivity index (χ1n) is 6.35. The molecule has 0 atom stereocenters. The van der Waals surface area contributed by atoms with Crippen molar-refractivity contribution < 1.29 is 4.79 Å². The molecule has 1 aromatic rings. The van der Waals surface area contributed by atoms with E-state index in [9.17, 15) is 4.79 Å². The van der Waals surface area contributed by atoms with Crippen molar-refractivity contribution in [2.45, 2.75) is 19.9 Å². The predicted molar refractivity (Wildman–Crippen MR) is 73.2 cm³/mol. The van der Waals surface area contributed by atoms with Gasteiger partial charge in [0, 0.05) is 32.4 Å². The fourth-order valence-electron chi connectivity index (χ4n) is 1.77. The van der Waals surface area contributed by atoms with Crippen molar-refractivity contribution in [3.05, 3.63) is 29.6 Å². The lowest BCUT2D eigenvalue weighted by atomic mass is 10.2. The van der Waals surface area contributed by atoms with Crippen LogP contribution < -0.4 is 0 Å². The van der Waals surface area contributed by atoms with Gasteiger partial charge in [-0.3, -0.25) is 9.69 Å². The highest BCUT2D eigenvalue weighted by Gasteiger charge is 2.14.